The molecule has 17 nitrogen and oxygen atoms in total. The molecule has 1 aromatic heterocycles. The number of nitrogens with zero attached hydrogens (tertiary/aromatic N) is 1. The Balaban J connectivity index is 2.02. The largest absolute Gasteiger partial charge is 0.481 e. The Kier molecular flexibility index (Phi) is 13.4. The highest BCUT2D eigenvalue weighted by Gasteiger charge is 2.25. The summed E-state index contributed by atoms with van der Waals surface area (Å²) in [6.07, 6.45) is 1.55. The van der Waals surface area contributed by atoms with Gasteiger partial charge in [-0.1, -0.05) is 18.2 Å². The van der Waals surface area contributed by atoms with Crippen molar-refractivity contribution in [1.29, 1.82) is 0 Å². The third kappa shape index (κ3) is 12.1. The van der Waals surface area contributed by atoms with Crippen molar-refractivity contribution in [1.82, 2.24) is 26.3 Å². The van der Waals surface area contributed by atoms with Gasteiger partial charge in [0.05, 0.1) is 19.1 Å². The number of nitrogens with two attached hydrogens (primary N) is 3. The normalized spacial score (nSPS) is 12.8. The molecule has 0 spiro atoms. The molecule has 1 heterocycles. The van der Waals surface area contributed by atoms with E-state index in [9.17, 15) is 33.9 Å². The number of guanidine groups is 1. The Morgan fingerprint density at radius 1 is 0.884 bits per heavy atom. The third-order valence-electron chi connectivity index (χ3n) is 6.18. The first-order valence-electron chi connectivity index (χ1n) is 13.3. The molecule has 0 saturated heterocycles. The van der Waals surface area contributed by atoms with E-state index in [1.54, 1.807) is 12.3 Å². The molecule has 0 bridgehead atoms. The minimum Gasteiger partial charge on any atom is -0.481 e. The second-order valence-corrected chi connectivity index (χ2v) is 9.57. The number of amides is 4. The molecule has 3 atom stereocenters. The Morgan fingerprint density at radius 2 is 1.51 bits per heavy atom. The minimum absolute atomic E-state index is 0.0117. The SMILES string of the molecule is NC(N)=NCCC[C@H](N)C(=O)NCC(=O)N[C@@H](Cc1c[nH]c2ccccc12)C(=O)NCC(=O)N[C@@H](CCC(=O)O)C(=O)O. The van der Waals surface area contributed by atoms with Crippen molar-refractivity contribution in [3.8, 4) is 0 Å². The summed E-state index contributed by atoms with van der Waals surface area (Å²) in [6, 6.07) is 3.70. The first-order valence-corrected chi connectivity index (χ1v) is 13.3. The highest BCUT2D eigenvalue weighted by Crippen LogP contribution is 2.19. The van der Waals surface area contributed by atoms with Crippen LogP contribution >= 0.6 is 0 Å². The van der Waals surface area contributed by atoms with E-state index in [1.165, 1.54) is 0 Å². The summed E-state index contributed by atoms with van der Waals surface area (Å²) in [4.78, 5) is 79.3. The average molecular weight is 604 g/mol. The fraction of sp³-hybridized carbons (Fsp3) is 0.423. The highest BCUT2D eigenvalue weighted by atomic mass is 16.4. The van der Waals surface area contributed by atoms with Crippen LogP contribution in [0.25, 0.3) is 10.9 Å². The lowest BCUT2D eigenvalue weighted by Crippen LogP contribution is -2.53. The van der Waals surface area contributed by atoms with Crippen LogP contribution in [0.15, 0.2) is 35.5 Å². The molecule has 2 rings (SSSR count). The zero-order valence-electron chi connectivity index (χ0n) is 23.3. The molecule has 17 heteroatoms. The van der Waals surface area contributed by atoms with Gasteiger partial charge >= 0.3 is 11.9 Å². The van der Waals surface area contributed by atoms with E-state index < -0.39 is 73.2 Å². The van der Waals surface area contributed by atoms with Crippen molar-refractivity contribution in [2.24, 2.45) is 22.2 Å². The first kappa shape index (κ1) is 34.0. The van der Waals surface area contributed by atoms with Crippen molar-refractivity contribution >= 4 is 52.4 Å². The van der Waals surface area contributed by atoms with Crippen LogP contribution in [-0.2, 0) is 35.2 Å². The number of carbonyl (C=O) groups excluding carboxylic acids is 4. The Hall–Kier alpha value is -5.19. The topological polar surface area (TPSA) is 297 Å². The number of hydrogen-bond donors (Lipinski definition) is 10. The van der Waals surface area contributed by atoms with Gasteiger partial charge in [0.15, 0.2) is 5.96 Å². The van der Waals surface area contributed by atoms with Crippen molar-refractivity contribution in [3.63, 3.8) is 0 Å². The lowest BCUT2D eigenvalue weighted by molar-refractivity contribution is -0.143. The Bertz CT molecular complexity index is 1340. The summed E-state index contributed by atoms with van der Waals surface area (Å²) < 4.78 is 0. The smallest absolute Gasteiger partial charge is 0.326 e. The van der Waals surface area contributed by atoms with Gasteiger partial charge in [0.1, 0.15) is 12.1 Å². The molecule has 234 valence electrons. The van der Waals surface area contributed by atoms with E-state index in [2.05, 4.69) is 31.2 Å². The van der Waals surface area contributed by atoms with Gasteiger partial charge in [-0.05, 0) is 30.9 Å². The number of nitrogens with one attached hydrogen (secondary N) is 5. The van der Waals surface area contributed by atoms with Crippen LogP contribution < -0.4 is 38.5 Å². The number of aliphatic imine (C=N–C) groups is 1. The number of para-hydroxylation sites is 1. The van der Waals surface area contributed by atoms with E-state index >= 15 is 0 Å². The molecular weight excluding hydrogens is 566 g/mol. The number of aromatic nitrogens is 1. The molecule has 0 saturated carbocycles. The van der Waals surface area contributed by atoms with Gasteiger partial charge in [-0.3, -0.25) is 29.0 Å². The molecule has 13 N–H and O–H groups in total. The monoisotopic (exact) mass is 603 g/mol. The van der Waals surface area contributed by atoms with Gasteiger partial charge in [-0.2, -0.15) is 0 Å². The molecule has 0 aliphatic rings. The second-order valence-electron chi connectivity index (χ2n) is 9.57. The molecule has 0 unspecified atom stereocenters. The first-order chi connectivity index (χ1) is 20.4. The van der Waals surface area contributed by atoms with Crippen LogP contribution in [0, 0.1) is 0 Å². The van der Waals surface area contributed by atoms with E-state index in [0.717, 1.165) is 10.9 Å². The minimum atomic E-state index is -1.47. The van der Waals surface area contributed by atoms with Crippen LogP contribution in [0.5, 0.6) is 0 Å². The van der Waals surface area contributed by atoms with Gasteiger partial charge in [0.25, 0.3) is 0 Å². The average Bonchev–Trinajstić information content (AvgIpc) is 3.36. The number of aliphatic carboxylic acids is 2. The molecule has 4 amide bonds. The fourth-order valence-corrected chi connectivity index (χ4v) is 3.99. The number of benzene rings is 1. The van der Waals surface area contributed by atoms with Crippen LogP contribution in [0.4, 0.5) is 0 Å². The van der Waals surface area contributed by atoms with Gasteiger partial charge in [0.2, 0.25) is 23.6 Å². The molecule has 0 aliphatic heterocycles. The molecule has 43 heavy (non-hydrogen) atoms. The number of rotatable bonds is 18. The lowest BCUT2D eigenvalue weighted by atomic mass is 10.0. The number of H-pyrrole nitrogens is 1. The van der Waals surface area contributed by atoms with Crippen LogP contribution in [0.2, 0.25) is 0 Å². The van der Waals surface area contributed by atoms with E-state index in [1.807, 2.05) is 18.2 Å². The molecule has 1 aromatic carbocycles. The van der Waals surface area contributed by atoms with Gasteiger partial charge in [-0.15, -0.1) is 0 Å². The predicted octanol–water partition coefficient (Wildman–Crippen LogP) is -2.76. The van der Waals surface area contributed by atoms with Crippen LogP contribution in [0.1, 0.15) is 31.2 Å². The number of carboxylic acids is 2. The maximum absolute atomic E-state index is 13.1. The Labute approximate surface area is 246 Å². The summed E-state index contributed by atoms with van der Waals surface area (Å²) in [7, 11) is 0. The fourth-order valence-electron chi connectivity index (χ4n) is 3.99. The number of carboxylic acid groups (broad SMARTS) is 2. The maximum Gasteiger partial charge on any atom is 0.326 e. The Morgan fingerprint density at radius 3 is 2.14 bits per heavy atom. The van der Waals surface area contributed by atoms with Crippen molar-refractivity contribution in [3.05, 3.63) is 36.0 Å². The summed E-state index contributed by atoms with van der Waals surface area (Å²) in [6.45, 7) is -0.838. The zero-order chi connectivity index (χ0) is 31.9. The van der Waals surface area contributed by atoms with Gasteiger partial charge in [0, 0.05) is 36.5 Å². The number of carbonyl (C=O) groups is 6. The van der Waals surface area contributed by atoms with Crippen LogP contribution in [-0.4, -0.2) is 94.5 Å². The quantitative estimate of drug-likeness (QED) is 0.0473. The van der Waals surface area contributed by atoms with Crippen molar-refractivity contribution in [2.45, 2.75) is 50.2 Å². The number of fused-ring (bicyclic) bond motifs is 1. The van der Waals surface area contributed by atoms with Gasteiger partial charge < -0.3 is 53.7 Å². The summed E-state index contributed by atoms with van der Waals surface area (Å²) >= 11 is 0. The van der Waals surface area contributed by atoms with E-state index in [-0.39, 0.29) is 31.8 Å². The zero-order valence-corrected chi connectivity index (χ0v) is 23.3. The van der Waals surface area contributed by atoms with Crippen LogP contribution in [0.3, 0.4) is 0 Å². The van der Waals surface area contributed by atoms with E-state index in [0.29, 0.717) is 12.0 Å². The molecule has 0 aliphatic carbocycles. The van der Waals surface area contributed by atoms with Crippen molar-refractivity contribution < 1.29 is 39.0 Å². The third-order valence-corrected chi connectivity index (χ3v) is 6.18. The van der Waals surface area contributed by atoms with Crippen molar-refractivity contribution in [2.75, 3.05) is 19.6 Å². The molecule has 0 radical (unpaired) electrons. The van der Waals surface area contributed by atoms with Gasteiger partial charge in [-0.25, -0.2) is 4.79 Å². The predicted molar refractivity (Wildman–Crippen MR) is 154 cm³/mol. The molecule has 2 aromatic rings. The second kappa shape index (κ2) is 16.9. The molecule has 0 fully saturated rings. The summed E-state index contributed by atoms with van der Waals surface area (Å²) in [5.74, 6) is -5.66. The summed E-state index contributed by atoms with van der Waals surface area (Å²) in [5.41, 5.74) is 17.8. The standard InChI is InChI=1S/C26H37N9O8/c27-16(5-3-9-30-26(28)29)23(40)32-12-21(37)35-19(10-14-11-31-17-6-2-1-4-15(14)17)24(41)33-13-20(36)34-18(25(42)43)7-8-22(38)39/h1-2,4,6,11,16,18-19,31H,3,5,7-10,12-13,27H2,(H,32,40)(H,33,41)(H,34,36)(H,35,37)(H,38,39)(H,42,43)(H4,28,29,30)/t16-,18-,19-/m0/s1. The maximum atomic E-state index is 13.1. The lowest BCUT2D eigenvalue weighted by Gasteiger charge is -2.20. The number of aromatic amines is 1. The van der Waals surface area contributed by atoms with E-state index in [4.69, 9.17) is 22.3 Å². The highest BCUT2D eigenvalue weighted by molar-refractivity contribution is 5.94. The summed E-state index contributed by atoms with van der Waals surface area (Å²) in [5, 5.41) is 28.3. The number of hydrogen-bond acceptors (Lipinski definition) is 8. The molecular formula is C26H37N9O8.